The van der Waals surface area contributed by atoms with Crippen molar-refractivity contribution in [1.29, 1.82) is 0 Å². The quantitative estimate of drug-likeness (QED) is 0.596. The van der Waals surface area contributed by atoms with E-state index in [-0.39, 0.29) is 31.3 Å². The number of ether oxygens (including phenoxy) is 3. The summed E-state index contributed by atoms with van der Waals surface area (Å²) in [4.78, 5) is 24.7. The third-order valence-electron chi connectivity index (χ3n) is 4.22. The van der Waals surface area contributed by atoms with Crippen LogP contribution >= 0.6 is 11.6 Å². The number of hydrogen-bond acceptors (Lipinski definition) is 6. The number of carbonyl (C=O) groups is 2. The highest BCUT2D eigenvalue weighted by Gasteiger charge is 2.27. The van der Waals surface area contributed by atoms with Gasteiger partial charge in [0.1, 0.15) is 11.5 Å². The maximum atomic E-state index is 12.5. The molecule has 0 saturated heterocycles. The van der Waals surface area contributed by atoms with E-state index < -0.39 is 5.97 Å². The number of carbonyl (C=O) groups excluding carboxylic acids is 2. The van der Waals surface area contributed by atoms with E-state index in [1.165, 1.54) is 5.01 Å². The molecule has 0 aliphatic carbocycles. The van der Waals surface area contributed by atoms with Crippen LogP contribution in [0, 0.1) is 6.92 Å². The van der Waals surface area contributed by atoms with Gasteiger partial charge in [-0.25, -0.2) is 9.80 Å². The summed E-state index contributed by atoms with van der Waals surface area (Å²) in [5.41, 5.74) is 1.55. The van der Waals surface area contributed by atoms with Crippen LogP contribution in [0.3, 0.4) is 0 Å². The van der Waals surface area contributed by atoms with Gasteiger partial charge in [0.25, 0.3) is 0 Å². The van der Waals surface area contributed by atoms with Crippen LogP contribution in [0.25, 0.3) is 0 Å². The van der Waals surface area contributed by atoms with E-state index in [0.29, 0.717) is 28.0 Å². The third-order valence-corrected chi connectivity index (χ3v) is 4.63. The fraction of sp³-hybridized carbons (Fsp3) is 0.211. The predicted octanol–water partition coefficient (Wildman–Crippen LogP) is 3.47. The fourth-order valence-electron chi connectivity index (χ4n) is 2.72. The molecule has 0 aromatic heterocycles. The Morgan fingerprint density at radius 2 is 1.96 bits per heavy atom. The highest BCUT2D eigenvalue weighted by molar-refractivity contribution is 6.38. The lowest BCUT2D eigenvalue weighted by Gasteiger charge is -2.23. The molecule has 2 aliphatic rings. The minimum Gasteiger partial charge on any atom is -0.454 e. The van der Waals surface area contributed by atoms with Crippen molar-refractivity contribution in [1.82, 2.24) is 0 Å². The first-order valence-corrected chi connectivity index (χ1v) is 8.67. The number of amides is 1. The minimum atomic E-state index is -0.621. The molecule has 0 saturated carbocycles. The minimum absolute atomic E-state index is 0.135. The van der Waals surface area contributed by atoms with Crippen molar-refractivity contribution in [3.05, 3.63) is 47.0 Å². The van der Waals surface area contributed by atoms with E-state index in [1.807, 2.05) is 6.92 Å². The van der Waals surface area contributed by atoms with E-state index in [4.69, 9.17) is 25.8 Å². The van der Waals surface area contributed by atoms with Gasteiger partial charge in [0.2, 0.25) is 12.7 Å². The number of hydrogen-bond donors (Lipinski definition) is 0. The van der Waals surface area contributed by atoms with Crippen LogP contribution in [-0.2, 0) is 9.59 Å². The van der Waals surface area contributed by atoms with Crippen LogP contribution in [0.1, 0.15) is 18.4 Å². The van der Waals surface area contributed by atoms with Crippen LogP contribution in [0.4, 0.5) is 5.69 Å². The van der Waals surface area contributed by atoms with E-state index in [9.17, 15) is 9.59 Å². The largest absolute Gasteiger partial charge is 0.454 e. The molecule has 0 unspecified atom stereocenters. The number of fused-ring (bicyclic) bond motifs is 1. The number of rotatable bonds is 3. The van der Waals surface area contributed by atoms with Gasteiger partial charge in [-0.1, -0.05) is 17.7 Å². The van der Waals surface area contributed by atoms with Crippen LogP contribution in [0.5, 0.6) is 17.2 Å². The van der Waals surface area contributed by atoms with Gasteiger partial charge in [-0.3, -0.25) is 4.79 Å². The maximum Gasteiger partial charge on any atom is 0.359 e. The lowest BCUT2D eigenvalue weighted by atomic mass is 10.1. The molecule has 4 rings (SSSR count). The summed E-state index contributed by atoms with van der Waals surface area (Å²) in [6.07, 6.45) is 0.360. The Labute approximate surface area is 160 Å². The molecular weight excluding hydrogens is 372 g/mol. The number of benzene rings is 2. The number of hydrazone groups is 1. The van der Waals surface area contributed by atoms with E-state index in [1.54, 1.807) is 36.4 Å². The van der Waals surface area contributed by atoms with Crippen molar-refractivity contribution in [3.8, 4) is 17.2 Å². The average Bonchev–Trinajstić information content (AvgIpc) is 3.12. The van der Waals surface area contributed by atoms with Crippen molar-refractivity contribution >= 4 is 34.9 Å². The summed E-state index contributed by atoms with van der Waals surface area (Å²) in [7, 11) is 0. The Bertz CT molecular complexity index is 973. The summed E-state index contributed by atoms with van der Waals surface area (Å²) in [5, 5.41) is 5.89. The zero-order valence-corrected chi connectivity index (χ0v) is 15.2. The Morgan fingerprint density at radius 3 is 2.78 bits per heavy atom. The lowest BCUT2D eigenvalue weighted by Crippen LogP contribution is -2.35. The molecule has 0 radical (unpaired) electrons. The molecule has 2 heterocycles. The van der Waals surface area contributed by atoms with E-state index >= 15 is 0 Å². The number of nitrogens with zero attached hydrogens (tertiary/aromatic N) is 2. The molecule has 2 aromatic carbocycles. The van der Waals surface area contributed by atoms with Crippen molar-refractivity contribution < 1.29 is 23.8 Å². The summed E-state index contributed by atoms with van der Waals surface area (Å²) in [5.74, 6) is 0.586. The summed E-state index contributed by atoms with van der Waals surface area (Å²) >= 11 is 6.13. The first-order chi connectivity index (χ1) is 13.0. The molecule has 0 atom stereocenters. The molecule has 27 heavy (non-hydrogen) atoms. The summed E-state index contributed by atoms with van der Waals surface area (Å²) in [6.45, 7) is 2.00. The van der Waals surface area contributed by atoms with Gasteiger partial charge < -0.3 is 14.2 Å². The standard InChI is InChI=1S/C19H15ClN2O5/c1-11-2-3-12(8-14(11)20)22-18(23)7-5-15(21-22)19(24)27-13-4-6-16-17(9-13)26-10-25-16/h2-4,6,8-9H,5,7,10H2,1H3. The molecular formula is C19H15ClN2O5. The van der Waals surface area contributed by atoms with Crippen LogP contribution < -0.4 is 19.2 Å². The smallest absolute Gasteiger partial charge is 0.359 e. The van der Waals surface area contributed by atoms with Crippen LogP contribution in [0.15, 0.2) is 41.5 Å². The average molecular weight is 387 g/mol. The Hall–Kier alpha value is -3.06. The highest BCUT2D eigenvalue weighted by atomic mass is 35.5. The Morgan fingerprint density at radius 1 is 1.15 bits per heavy atom. The van der Waals surface area contributed by atoms with Gasteiger partial charge in [-0.2, -0.15) is 5.10 Å². The zero-order valence-electron chi connectivity index (χ0n) is 14.4. The second-order valence-corrected chi connectivity index (χ2v) is 6.50. The van der Waals surface area contributed by atoms with Gasteiger partial charge in [-0.15, -0.1) is 0 Å². The van der Waals surface area contributed by atoms with Gasteiger partial charge in [-0.05, 0) is 36.8 Å². The predicted molar refractivity (Wildman–Crippen MR) is 98.5 cm³/mol. The maximum absolute atomic E-state index is 12.5. The van der Waals surface area contributed by atoms with Crippen molar-refractivity contribution in [2.75, 3.05) is 11.8 Å². The molecule has 138 valence electrons. The van der Waals surface area contributed by atoms with Crippen molar-refractivity contribution in [2.24, 2.45) is 5.10 Å². The molecule has 1 amide bonds. The molecule has 0 spiro atoms. The van der Waals surface area contributed by atoms with Gasteiger partial charge in [0.15, 0.2) is 11.5 Å². The second-order valence-electron chi connectivity index (χ2n) is 6.09. The van der Waals surface area contributed by atoms with Gasteiger partial charge in [0, 0.05) is 23.9 Å². The molecule has 2 aliphatic heterocycles. The molecule has 0 bridgehead atoms. The molecule has 7 nitrogen and oxygen atoms in total. The normalized spacial score (nSPS) is 15.6. The van der Waals surface area contributed by atoms with E-state index in [0.717, 1.165) is 5.56 Å². The van der Waals surface area contributed by atoms with Gasteiger partial charge in [0.05, 0.1) is 5.69 Å². The van der Waals surface area contributed by atoms with Crippen LogP contribution in [-0.4, -0.2) is 24.4 Å². The number of halogens is 1. The Kier molecular flexibility index (Phi) is 4.45. The number of esters is 1. The molecule has 0 fully saturated rings. The lowest BCUT2D eigenvalue weighted by molar-refractivity contribution is -0.127. The first kappa shape index (κ1) is 17.4. The van der Waals surface area contributed by atoms with Crippen molar-refractivity contribution in [3.63, 3.8) is 0 Å². The molecule has 0 N–H and O–H groups in total. The van der Waals surface area contributed by atoms with Crippen LogP contribution in [0.2, 0.25) is 5.02 Å². The number of anilines is 1. The fourth-order valence-corrected chi connectivity index (χ4v) is 2.90. The van der Waals surface area contributed by atoms with Gasteiger partial charge >= 0.3 is 5.97 Å². The molecule has 8 heteroatoms. The second kappa shape index (κ2) is 6.92. The summed E-state index contributed by atoms with van der Waals surface area (Å²) in [6, 6.07) is 10.0. The number of aryl methyl sites for hydroxylation is 1. The monoisotopic (exact) mass is 386 g/mol. The topological polar surface area (TPSA) is 77.4 Å². The third kappa shape index (κ3) is 3.46. The SMILES string of the molecule is Cc1ccc(N2N=C(C(=O)Oc3ccc4c(c3)OCO4)CCC2=O)cc1Cl. The zero-order chi connectivity index (χ0) is 19.0. The highest BCUT2D eigenvalue weighted by Crippen LogP contribution is 2.35. The first-order valence-electron chi connectivity index (χ1n) is 8.30. The Balaban J connectivity index is 1.56. The van der Waals surface area contributed by atoms with E-state index in [2.05, 4.69) is 5.10 Å². The summed E-state index contributed by atoms with van der Waals surface area (Å²) < 4.78 is 15.9. The molecule has 2 aromatic rings. The van der Waals surface area contributed by atoms with Crippen molar-refractivity contribution in [2.45, 2.75) is 19.8 Å².